The summed E-state index contributed by atoms with van der Waals surface area (Å²) in [6, 6.07) is 8.83. The molecule has 9 nitrogen and oxygen atoms in total. The summed E-state index contributed by atoms with van der Waals surface area (Å²) in [5, 5.41) is 11.2. The number of carbonyl (C=O) groups excluding carboxylic acids is 1. The van der Waals surface area contributed by atoms with Gasteiger partial charge >= 0.3 is 6.03 Å². The first-order chi connectivity index (χ1) is 17.3. The Kier molecular flexibility index (Phi) is 5.36. The first-order valence-corrected chi connectivity index (χ1v) is 13.7. The number of urea groups is 1. The topological polar surface area (TPSA) is 110 Å². The number of hydrogen-bond donors (Lipinski definition) is 2. The van der Waals surface area contributed by atoms with Crippen molar-refractivity contribution in [2.24, 2.45) is 13.0 Å². The molecule has 2 aliphatic rings. The summed E-state index contributed by atoms with van der Waals surface area (Å²) in [5.74, 6) is 0.593. The number of nitrogens with one attached hydrogen (secondary N) is 2. The van der Waals surface area contributed by atoms with E-state index in [4.69, 9.17) is 0 Å². The number of nitrogens with zero attached hydrogens (tertiary/aromatic N) is 4. The zero-order chi connectivity index (χ0) is 25.0. The van der Waals surface area contributed by atoms with Crippen molar-refractivity contribution in [1.29, 1.82) is 0 Å². The summed E-state index contributed by atoms with van der Waals surface area (Å²) in [5.41, 5.74) is 7.53. The van der Waals surface area contributed by atoms with E-state index in [9.17, 15) is 13.2 Å². The van der Waals surface area contributed by atoms with Gasteiger partial charge in [-0.25, -0.2) is 14.0 Å². The van der Waals surface area contributed by atoms with Crippen LogP contribution in [0.3, 0.4) is 0 Å². The van der Waals surface area contributed by atoms with Crippen LogP contribution < -0.4 is 10.0 Å². The van der Waals surface area contributed by atoms with Gasteiger partial charge in [-0.1, -0.05) is 6.07 Å². The number of anilines is 1. The van der Waals surface area contributed by atoms with E-state index in [0.717, 1.165) is 72.0 Å². The largest absolute Gasteiger partial charge is 0.333 e. The van der Waals surface area contributed by atoms with Crippen LogP contribution in [0.15, 0.2) is 47.8 Å². The lowest BCUT2D eigenvalue weighted by atomic mass is 9.93. The Hall–Kier alpha value is -3.66. The van der Waals surface area contributed by atoms with Crippen molar-refractivity contribution in [3.63, 3.8) is 0 Å². The summed E-state index contributed by atoms with van der Waals surface area (Å²) in [4.78, 5) is 13.1. The summed E-state index contributed by atoms with van der Waals surface area (Å²) in [7, 11) is -2.39. The van der Waals surface area contributed by atoms with Crippen LogP contribution in [-0.4, -0.2) is 33.8 Å². The minimum absolute atomic E-state index is 0.142. The van der Waals surface area contributed by atoms with Gasteiger partial charge in [0.1, 0.15) is 0 Å². The first-order valence-electron chi connectivity index (χ1n) is 12.2. The third-order valence-corrected chi connectivity index (χ3v) is 8.38. The van der Waals surface area contributed by atoms with Crippen LogP contribution in [-0.2, 0) is 36.3 Å². The predicted molar refractivity (Wildman–Crippen MR) is 136 cm³/mol. The van der Waals surface area contributed by atoms with Gasteiger partial charge < -0.3 is 5.32 Å². The maximum atomic E-state index is 13.1. The maximum Gasteiger partial charge on any atom is 0.333 e. The van der Waals surface area contributed by atoms with Gasteiger partial charge in [0, 0.05) is 36.8 Å². The van der Waals surface area contributed by atoms with Crippen molar-refractivity contribution >= 4 is 27.3 Å². The van der Waals surface area contributed by atoms with Crippen LogP contribution in [0.25, 0.3) is 16.6 Å². The van der Waals surface area contributed by atoms with Gasteiger partial charge in [-0.05, 0) is 91.8 Å². The molecule has 3 heterocycles. The molecule has 2 aliphatic carbocycles. The second-order valence-electron chi connectivity index (χ2n) is 9.86. The smallest absolute Gasteiger partial charge is 0.306 e. The number of sulfonamides is 1. The van der Waals surface area contributed by atoms with E-state index in [1.54, 1.807) is 28.5 Å². The molecule has 0 unspecified atom stereocenters. The highest BCUT2D eigenvalue weighted by Gasteiger charge is 2.28. The zero-order valence-corrected chi connectivity index (χ0v) is 21.1. The van der Waals surface area contributed by atoms with Crippen LogP contribution in [0.4, 0.5) is 10.5 Å². The van der Waals surface area contributed by atoms with Gasteiger partial charge in [-0.3, -0.25) is 4.68 Å². The minimum Gasteiger partial charge on any atom is -0.306 e. The molecule has 36 heavy (non-hydrogen) atoms. The highest BCUT2D eigenvalue weighted by molar-refractivity contribution is 7.90. The third-order valence-electron chi connectivity index (χ3n) is 7.18. The molecule has 186 valence electrons. The van der Waals surface area contributed by atoms with Crippen molar-refractivity contribution in [2.45, 2.75) is 50.5 Å². The lowest BCUT2D eigenvalue weighted by Gasteiger charge is -2.19. The zero-order valence-electron chi connectivity index (χ0n) is 20.3. The maximum absolute atomic E-state index is 13.1. The molecular weight excluding hydrogens is 476 g/mol. The monoisotopic (exact) mass is 504 g/mol. The number of rotatable bonds is 6. The van der Waals surface area contributed by atoms with Crippen LogP contribution in [0.5, 0.6) is 0 Å². The molecule has 0 radical (unpaired) electrons. The molecule has 0 atom stereocenters. The second kappa shape index (κ2) is 8.48. The van der Waals surface area contributed by atoms with Gasteiger partial charge in [-0.2, -0.15) is 18.6 Å². The Morgan fingerprint density at radius 3 is 2.81 bits per heavy atom. The van der Waals surface area contributed by atoms with E-state index in [1.165, 1.54) is 5.56 Å². The highest BCUT2D eigenvalue weighted by atomic mass is 32.2. The number of pyridine rings is 1. The van der Waals surface area contributed by atoms with Gasteiger partial charge in [0.05, 0.1) is 11.2 Å². The number of carbonyl (C=O) groups is 1. The first kappa shape index (κ1) is 22.8. The van der Waals surface area contributed by atoms with E-state index >= 15 is 0 Å². The molecule has 1 aromatic carbocycles. The van der Waals surface area contributed by atoms with E-state index < -0.39 is 16.1 Å². The van der Waals surface area contributed by atoms with Gasteiger partial charge in [-0.15, -0.1) is 0 Å². The Morgan fingerprint density at radius 1 is 1.17 bits per heavy atom. The number of hydrogen-bond acceptors (Lipinski definition) is 5. The number of fused-ring (bicyclic) bond motifs is 2. The average molecular weight is 505 g/mol. The molecule has 6 rings (SSSR count). The Balaban J connectivity index is 1.32. The fourth-order valence-electron chi connectivity index (χ4n) is 5.21. The SMILES string of the molecule is Cc1cc2c(c(NC(=O)NS(=O)(=O)c3cc(CC4CC4)n(C)n3)c1-c1ccn3nccc3c1)CCC2. The molecule has 4 aromatic rings. The average Bonchev–Trinajstić information content (AvgIpc) is 3.18. The van der Waals surface area contributed by atoms with E-state index in [0.29, 0.717) is 11.6 Å². The molecular formula is C26H28N6O3S. The van der Waals surface area contributed by atoms with Crippen LogP contribution in [0, 0.1) is 12.8 Å². The fraction of sp³-hybridized carbons (Fsp3) is 0.346. The molecule has 1 fully saturated rings. The Bertz CT molecular complexity index is 1610. The van der Waals surface area contributed by atoms with Crippen molar-refractivity contribution < 1.29 is 13.2 Å². The van der Waals surface area contributed by atoms with E-state index in [2.05, 4.69) is 26.3 Å². The molecule has 2 N–H and O–H groups in total. The van der Waals surface area contributed by atoms with Gasteiger partial charge in [0.2, 0.25) is 0 Å². The summed E-state index contributed by atoms with van der Waals surface area (Å²) in [6.45, 7) is 2.02. The van der Waals surface area contributed by atoms with E-state index in [1.807, 2.05) is 31.3 Å². The minimum atomic E-state index is -4.13. The molecule has 2 amide bonds. The fourth-order valence-corrected chi connectivity index (χ4v) is 6.13. The molecule has 0 aliphatic heterocycles. The molecule has 0 bridgehead atoms. The lowest BCUT2D eigenvalue weighted by Crippen LogP contribution is -2.35. The molecule has 10 heteroatoms. The summed E-state index contributed by atoms with van der Waals surface area (Å²) in [6.07, 6.45) is 9.48. The van der Waals surface area contributed by atoms with Crippen molar-refractivity contribution in [3.8, 4) is 11.1 Å². The predicted octanol–water partition coefficient (Wildman–Crippen LogP) is 3.99. The van der Waals surface area contributed by atoms with Crippen LogP contribution in [0.1, 0.15) is 41.6 Å². The summed E-state index contributed by atoms with van der Waals surface area (Å²) < 4.78 is 31.6. The normalized spacial score (nSPS) is 15.3. The second-order valence-corrected chi connectivity index (χ2v) is 11.5. The van der Waals surface area contributed by atoms with Gasteiger partial charge in [0.15, 0.2) is 5.03 Å². The van der Waals surface area contributed by atoms with Crippen LogP contribution in [0.2, 0.25) is 0 Å². The standard InChI is InChI=1S/C26H28N6O3S/c1-16-12-18-4-3-5-22(18)25(24(16)19-9-11-32-20(14-19)8-10-27-32)28-26(33)30-36(34,35)23-15-21(31(2)29-23)13-17-6-7-17/h8-12,14-15,17H,3-7,13H2,1-2H3,(H2,28,30,33). The number of amides is 2. The lowest BCUT2D eigenvalue weighted by molar-refractivity contribution is 0.256. The molecule has 0 spiro atoms. The van der Waals surface area contributed by atoms with E-state index in [-0.39, 0.29) is 5.03 Å². The number of aromatic nitrogens is 4. The molecule has 1 saturated carbocycles. The van der Waals surface area contributed by atoms with Crippen molar-refractivity contribution in [1.82, 2.24) is 24.1 Å². The Labute approximate surface area is 209 Å². The van der Waals surface area contributed by atoms with Crippen LogP contribution >= 0.6 is 0 Å². The summed E-state index contributed by atoms with van der Waals surface area (Å²) >= 11 is 0. The van der Waals surface area contributed by atoms with Crippen molar-refractivity contribution in [3.05, 3.63) is 65.1 Å². The highest BCUT2D eigenvalue weighted by Crippen LogP contribution is 2.40. The molecule has 0 saturated heterocycles. The molecule has 3 aromatic heterocycles. The number of aryl methyl sites for hydroxylation is 3. The Morgan fingerprint density at radius 2 is 2.00 bits per heavy atom. The van der Waals surface area contributed by atoms with Gasteiger partial charge in [0.25, 0.3) is 10.0 Å². The third kappa shape index (κ3) is 4.15. The number of benzene rings is 1. The van der Waals surface area contributed by atoms with Crippen molar-refractivity contribution in [2.75, 3.05) is 5.32 Å². The quantitative estimate of drug-likeness (QED) is 0.413.